The van der Waals surface area contributed by atoms with Gasteiger partial charge in [0.15, 0.2) is 0 Å². The van der Waals surface area contributed by atoms with E-state index in [4.69, 9.17) is 15.2 Å². The molecule has 1 aliphatic rings. The van der Waals surface area contributed by atoms with Gasteiger partial charge in [0.05, 0.1) is 30.3 Å². The molecule has 0 bridgehead atoms. The Labute approximate surface area is 252 Å². The normalized spacial score (nSPS) is 16.7. The van der Waals surface area contributed by atoms with Gasteiger partial charge in [-0.2, -0.15) is 0 Å². The van der Waals surface area contributed by atoms with E-state index in [9.17, 15) is 4.79 Å². The van der Waals surface area contributed by atoms with Gasteiger partial charge in [-0.15, -0.1) is 0 Å². The third kappa shape index (κ3) is 9.57. The van der Waals surface area contributed by atoms with Gasteiger partial charge in [0.25, 0.3) is 0 Å². The number of ether oxygens (including phenoxy) is 2. The minimum absolute atomic E-state index is 0.133. The fourth-order valence-corrected chi connectivity index (χ4v) is 5.94. The Hall–Kier alpha value is -3.41. The average molecular weight is 572 g/mol. The second kappa shape index (κ2) is 16.9. The van der Waals surface area contributed by atoms with Gasteiger partial charge in [0, 0.05) is 11.3 Å². The number of anilines is 1. The van der Waals surface area contributed by atoms with Crippen LogP contribution in [0.2, 0.25) is 0 Å². The maximum Gasteiger partial charge on any atom is 0.347 e. The first-order chi connectivity index (χ1) is 20.6. The minimum atomic E-state index is -0.580. The molecule has 0 aliphatic heterocycles. The fourth-order valence-electron chi connectivity index (χ4n) is 5.94. The molecule has 0 spiro atoms. The van der Waals surface area contributed by atoms with E-state index in [2.05, 4.69) is 48.1 Å². The zero-order chi connectivity index (χ0) is 29.6. The van der Waals surface area contributed by atoms with Gasteiger partial charge < -0.3 is 15.2 Å². The highest BCUT2D eigenvalue weighted by Crippen LogP contribution is 2.38. The fraction of sp³-hybridized carbons (Fsp3) is 0.528. The lowest BCUT2D eigenvalue weighted by Crippen LogP contribution is -2.13. The van der Waals surface area contributed by atoms with Crippen LogP contribution in [-0.2, 0) is 0 Å². The quantitative estimate of drug-likeness (QED) is 0.105. The first-order valence-corrected chi connectivity index (χ1v) is 16.2. The highest BCUT2D eigenvalue weighted by molar-refractivity contribution is 5.96. The van der Waals surface area contributed by atoms with Gasteiger partial charge >= 0.3 is 5.97 Å². The van der Waals surface area contributed by atoms with E-state index in [1.807, 2.05) is 0 Å². The zero-order valence-corrected chi connectivity index (χ0v) is 25.7. The van der Waals surface area contributed by atoms with E-state index >= 15 is 0 Å². The number of nitrogen functional groups attached to an aromatic ring is 1. The molecular weight excluding hydrogens is 522 g/mol. The Kier molecular flexibility index (Phi) is 12.7. The SMILES string of the molecule is CCCCCCCCOc1ccc(N)c(C(=O)Oc2cnc(-c3ccc(C4CCC(CCCCC)CC4)cc3)cn2)c1. The van der Waals surface area contributed by atoms with Crippen molar-refractivity contribution in [2.45, 2.75) is 110 Å². The van der Waals surface area contributed by atoms with Crippen LogP contribution in [-0.4, -0.2) is 22.5 Å². The molecule has 4 rings (SSSR count). The number of rotatable bonds is 16. The van der Waals surface area contributed by atoms with Crippen LogP contribution in [0.1, 0.15) is 126 Å². The number of carbonyl (C=O) groups excluding carboxylic acids is 1. The van der Waals surface area contributed by atoms with Gasteiger partial charge in [-0.05, 0) is 67.7 Å². The molecule has 0 atom stereocenters. The summed E-state index contributed by atoms with van der Waals surface area (Å²) in [7, 11) is 0. The highest BCUT2D eigenvalue weighted by atomic mass is 16.5. The molecule has 6 heteroatoms. The van der Waals surface area contributed by atoms with Crippen LogP contribution in [0.4, 0.5) is 5.69 Å². The van der Waals surface area contributed by atoms with Gasteiger partial charge in [-0.3, -0.25) is 0 Å². The van der Waals surface area contributed by atoms with Crippen molar-refractivity contribution in [2.75, 3.05) is 12.3 Å². The molecule has 1 saturated carbocycles. The van der Waals surface area contributed by atoms with Crippen molar-refractivity contribution in [2.24, 2.45) is 5.92 Å². The van der Waals surface area contributed by atoms with Gasteiger partial charge in [-0.25, -0.2) is 14.8 Å². The molecule has 0 radical (unpaired) electrons. The smallest absolute Gasteiger partial charge is 0.347 e. The Morgan fingerprint density at radius 3 is 2.26 bits per heavy atom. The molecular formula is C36H49N3O3. The van der Waals surface area contributed by atoms with Crippen LogP contribution in [0.5, 0.6) is 11.6 Å². The molecule has 6 nitrogen and oxygen atoms in total. The maximum absolute atomic E-state index is 12.9. The van der Waals surface area contributed by atoms with Crippen LogP contribution in [0.25, 0.3) is 11.3 Å². The average Bonchev–Trinajstić information content (AvgIpc) is 3.02. The summed E-state index contributed by atoms with van der Waals surface area (Å²) in [5, 5.41) is 0. The van der Waals surface area contributed by atoms with E-state index in [1.165, 1.54) is 88.8 Å². The Balaban J connectivity index is 1.26. The standard InChI is InChI=1S/C36H49N3O3/c1-3-5-7-8-9-11-23-41-31-21-22-33(37)32(24-31)36(40)42-35-26-38-34(25-39-35)30-19-17-29(18-20-30)28-15-13-27(14-16-28)12-10-6-4-2/h17-22,24-28H,3-16,23,37H2,1-2H3. The van der Waals surface area contributed by atoms with Gasteiger partial charge in [-0.1, -0.05) is 95.9 Å². The number of hydrogen-bond donors (Lipinski definition) is 1. The molecule has 226 valence electrons. The van der Waals surface area contributed by atoms with Gasteiger partial charge in [0.1, 0.15) is 5.75 Å². The topological polar surface area (TPSA) is 87.3 Å². The molecule has 2 aromatic carbocycles. The number of aromatic nitrogens is 2. The second-order valence-corrected chi connectivity index (χ2v) is 11.8. The third-order valence-corrected chi connectivity index (χ3v) is 8.58. The molecule has 0 amide bonds. The van der Waals surface area contributed by atoms with E-state index < -0.39 is 5.97 Å². The monoisotopic (exact) mass is 571 g/mol. The van der Waals surface area contributed by atoms with E-state index in [0.29, 0.717) is 24.0 Å². The third-order valence-electron chi connectivity index (χ3n) is 8.58. The first-order valence-electron chi connectivity index (χ1n) is 16.2. The number of hydrogen-bond acceptors (Lipinski definition) is 6. The van der Waals surface area contributed by atoms with E-state index in [-0.39, 0.29) is 11.4 Å². The van der Waals surface area contributed by atoms with Gasteiger partial charge in [0.2, 0.25) is 5.88 Å². The number of nitrogens with two attached hydrogens (primary N) is 1. The first kappa shape index (κ1) is 31.5. The Morgan fingerprint density at radius 2 is 1.55 bits per heavy atom. The number of esters is 1. The van der Waals surface area contributed by atoms with Crippen molar-refractivity contribution in [3.05, 3.63) is 66.0 Å². The summed E-state index contributed by atoms with van der Waals surface area (Å²) in [5.41, 5.74) is 9.82. The lowest BCUT2D eigenvalue weighted by molar-refractivity contribution is 0.0727. The lowest BCUT2D eigenvalue weighted by Gasteiger charge is -2.29. The highest BCUT2D eigenvalue weighted by Gasteiger charge is 2.22. The van der Waals surface area contributed by atoms with Crippen LogP contribution in [0.3, 0.4) is 0 Å². The zero-order valence-electron chi connectivity index (χ0n) is 25.7. The molecule has 0 unspecified atom stereocenters. The van der Waals surface area contributed by atoms with Crippen LogP contribution >= 0.6 is 0 Å². The summed E-state index contributed by atoms with van der Waals surface area (Å²) in [6, 6.07) is 13.8. The van der Waals surface area contributed by atoms with Crippen molar-refractivity contribution >= 4 is 11.7 Å². The molecule has 3 aromatic rings. The van der Waals surface area contributed by atoms with Crippen molar-refractivity contribution in [3.63, 3.8) is 0 Å². The Bertz CT molecular complexity index is 1220. The van der Waals surface area contributed by atoms with Crippen LogP contribution in [0, 0.1) is 5.92 Å². The van der Waals surface area contributed by atoms with E-state index in [0.717, 1.165) is 30.0 Å². The molecule has 1 aliphatic carbocycles. The summed E-state index contributed by atoms with van der Waals surface area (Å²) in [6.07, 6.45) is 21.0. The summed E-state index contributed by atoms with van der Waals surface area (Å²) in [5.74, 6) is 1.73. The van der Waals surface area contributed by atoms with Crippen LogP contribution < -0.4 is 15.2 Å². The molecule has 0 saturated heterocycles. The number of carbonyl (C=O) groups is 1. The minimum Gasteiger partial charge on any atom is -0.494 e. The summed E-state index contributed by atoms with van der Waals surface area (Å²) in [4.78, 5) is 21.7. The van der Waals surface area contributed by atoms with E-state index in [1.54, 1.807) is 24.4 Å². The number of unbranched alkanes of at least 4 members (excludes halogenated alkanes) is 7. The number of nitrogens with zero attached hydrogens (tertiary/aromatic N) is 2. The number of benzene rings is 2. The molecule has 1 heterocycles. The van der Waals surface area contributed by atoms with Crippen molar-refractivity contribution < 1.29 is 14.3 Å². The van der Waals surface area contributed by atoms with Crippen LogP contribution in [0.15, 0.2) is 54.9 Å². The van der Waals surface area contributed by atoms with Crippen molar-refractivity contribution in [1.29, 1.82) is 0 Å². The molecule has 1 fully saturated rings. The largest absolute Gasteiger partial charge is 0.494 e. The molecule has 2 N–H and O–H groups in total. The molecule has 1 aromatic heterocycles. The lowest BCUT2D eigenvalue weighted by atomic mass is 9.77. The second-order valence-electron chi connectivity index (χ2n) is 11.8. The predicted molar refractivity (Wildman–Crippen MR) is 171 cm³/mol. The Morgan fingerprint density at radius 1 is 0.833 bits per heavy atom. The maximum atomic E-state index is 12.9. The summed E-state index contributed by atoms with van der Waals surface area (Å²) < 4.78 is 11.3. The predicted octanol–water partition coefficient (Wildman–Crippen LogP) is 9.54. The van der Waals surface area contributed by atoms with Crippen molar-refractivity contribution in [3.8, 4) is 22.9 Å². The molecule has 42 heavy (non-hydrogen) atoms. The summed E-state index contributed by atoms with van der Waals surface area (Å²) >= 11 is 0. The summed E-state index contributed by atoms with van der Waals surface area (Å²) in [6.45, 7) is 5.10. The van der Waals surface area contributed by atoms with Crippen molar-refractivity contribution in [1.82, 2.24) is 9.97 Å².